The molecule has 0 heterocycles. The number of benzene rings is 1. The van der Waals surface area contributed by atoms with Crippen molar-refractivity contribution in [2.45, 2.75) is 17.2 Å². The lowest BCUT2D eigenvalue weighted by molar-refractivity contribution is 0.414. The van der Waals surface area contributed by atoms with E-state index in [0.717, 1.165) is 5.75 Å². The highest BCUT2D eigenvalue weighted by Gasteiger charge is 2.41. The standard InChI is InChI=1S/C10H11BrO/c1-12-9-4-2-8(3-5-9)10(11)6-7-10/h2-5H,6-7H2,1H3. The van der Waals surface area contributed by atoms with Crippen molar-refractivity contribution in [3.05, 3.63) is 29.8 Å². The molecule has 0 N–H and O–H groups in total. The average Bonchev–Trinajstić information content (AvgIpc) is 2.85. The summed E-state index contributed by atoms with van der Waals surface area (Å²) in [5, 5.41) is 0. The minimum absolute atomic E-state index is 0.291. The summed E-state index contributed by atoms with van der Waals surface area (Å²) in [4.78, 5) is 0. The van der Waals surface area contributed by atoms with Gasteiger partial charge in [-0.3, -0.25) is 0 Å². The maximum absolute atomic E-state index is 5.09. The van der Waals surface area contributed by atoms with E-state index in [-0.39, 0.29) is 0 Å². The Morgan fingerprint density at radius 3 is 2.25 bits per heavy atom. The molecule has 1 saturated carbocycles. The second-order valence-corrected chi connectivity index (χ2v) is 4.71. The van der Waals surface area contributed by atoms with Gasteiger partial charge in [-0.25, -0.2) is 0 Å². The minimum Gasteiger partial charge on any atom is -0.497 e. The van der Waals surface area contributed by atoms with Crippen molar-refractivity contribution < 1.29 is 4.74 Å². The number of halogens is 1. The monoisotopic (exact) mass is 226 g/mol. The van der Waals surface area contributed by atoms with Crippen LogP contribution in [-0.4, -0.2) is 7.11 Å². The summed E-state index contributed by atoms with van der Waals surface area (Å²) < 4.78 is 5.38. The summed E-state index contributed by atoms with van der Waals surface area (Å²) in [5.41, 5.74) is 1.36. The SMILES string of the molecule is COc1ccc(C2(Br)CC2)cc1. The van der Waals surface area contributed by atoms with Gasteiger partial charge in [-0.15, -0.1) is 0 Å². The van der Waals surface area contributed by atoms with Crippen LogP contribution in [0.4, 0.5) is 0 Å². The zero-order valence-electron chi connectivity index (χ0n) is 7.01. The van der Waals surface area contributed by atoms with Gasteiger partial charge >= 0.3 is 0 Å². The number of rotatable bonds is 2. The first kappa shape index (κ1) is 8.11. The molecule has 0 bridgehead atoms. The van der Waals surface area contributed by atoms with Crippen molar-refractivity contribution in [2.75, 3.05) is 7.11 Å². The third kappa shape index (κ3) is 1.36. The molecule has 2 heteroatoms. The molecule has 1 aliphatic rings. The van der Waals surface area contributed by atoms with E-state index in [1.165, 1.54) is 18.4 Å². The topological polar surface area (TPSA) is 9.23 Å². The molecular formula is C10H11BrO. The molecule has 1 aliphatic carbocycles. The quantitative estimate of drug-likeness (QED) is 0.705. The molecule has 64 valence electrons. The molecule has 0 aliphatic heterocycles. The first-order valence-corrected chi connectivity index (χ1v) is 4.87. The van der Waals surface area contributed by atoms with Crippen LogP contribution >= 0.6 is 15.9 Å². The van der Waals surface area contributed by atoms with Crippen LogP contribution in [0.1, 0.15) is 18.4 Å². The number of hydrogen-bond acceptors (Lipinski definition) is 1. The Morgan fingerprint density at radius 1 is 1.25 bits per heavy atom. The fourth-order valence-electron chi connectivity index (χ4n) is 1.29. The smallest absolute Gasteiger partial charge is 0.118 e. The van der Waals surface area contributed by atoms with Gasteiger partial charge in [-0.2, -0.15) is 0 Å². The van der Waals surface area contributed by atoms with Gasteiger partial charge in [0.2, 0.25) is 0 Å². The molecule has 0 radical (unpaired) electrons. The zero-order valence-corrected chi connectivity index (χ0v) is 8.60. The van der Waals surface area contributed by atoms with E-state index in [1.807, 2.05) is 12.1 Å². The summed E-state index contributed by atoms with van der Waals surface area (Å²) in [7, 11) is 1.69. The van der Waals surface area contributed by atoms with E-state index in [2.05, 4.69) is 28.1 Å². The number of ether oxygens (including phenoxy) is 1. The molecular weight excluding hydrogens is 216 g/mol. The fraction of sp³-hybridized carbons (Fsp3) is 0.400. The predicted molar refractivity (Wildman–Crippen MR) is 52.8 cm³/mol. The van der Waals surface area contributed by atoms with Crippen LogP contribution in [0.25, 0.3) is 0 Å². The van der Waals surface area contributed by atoms with E-state index in [9.17, 15) is 0 Å². The summed E-state index contributed by atoms with van der Waals surface area (Å²) in [6, 6.07) is 8.27. The molecule has 12 heavy (non-hydrogen) atoms. The zero-order chi connectivity index (χ0) is 8.60. The van der Waals surface area contributed by atoms with Gasteiger partial charge < -0.3 is 4.74 Å². The first-order chi connectivity index (χ1) is 5.74. The van der Waals surface area contributed by atoms with Crippen LogP contribution in [0.15, 0.2) is 24.3 Å². The highest BCUT2D eigenvalue weighted by atomic mass is 79.9. The maximum atomic E-state index is 5.09. The van der Waals surface area contributed by atoms with E-state index in [4.69, 9.17) is 4.74 Å². The third-order valence-corrected chi connectivity index (χ3v) is 3.55. The van der Waals surface area contributed by atoms with Crippen LogP contribution in [0, 0.1) is 0 Å². The predicted octanol–water partition coefficient (Wildman–Crippen LogP) is 3.08. The first-order valence-electron chi connectivity index (χ1n) is 4.08. The fourth-order valence-corrected chi connectivity index (χ4v) is 1.75. The number of methoxy groups -OCH3 is 1. The second-order valence-electron chi connectivity index (χ2n) is 3.19. The van der Waals surface area contributed by atoms with Gasteiger partial charge in [0.25, 0.3) is 0 Å². The Balaban J connectivity index is 2.25. The van der Waals surface area contributed by atoms with Crippen molar-refractivity contribution in [1.29, 1.82) is 0 Å². The average molecular weight is 227 g/mol. The van der Waals surface area contributed by atoms with Crippen molar-refractivity contribution in [1.82, 2.24) is 0 Å². The second kappa shape index (κ2) is 2.77. The van der Waals surface area contributed by atoms with Crippen molar-refractivity contribution in [3.8, 4) is 5.75 Å². The van der Waals surface area contributed by atoms with Crippen LogP contribution in [0.5, 0.6) is 5.75 Å². The Labute approximate surface area is 80.9 Å². The van der Waals surface area contributed by atoms with Gasteiger partial charge in [0.15, 0.2) is 0 Å². The van der Waals surface area contributed by atoms with Crippen molar-refractivity contribution in [3.63, 3.8) is 0 Å². The summed E-state index contributed by atoms with van der Waals surface area (Å²) in [5.74, 6) is 0.926. The molecule has 2 rings (SSSR count). The molecule has 1 fully saturated rings. The molecule has 0 spiro atoms. The molecule has 0 amide bonds. The molecule has 0 unspecified atom stereocenters. The largest absolute Gasteiger partial charge is 0.497 e. The van der Waals surface area contributed by atoms with E-state index < -0.39 is 0 Å². The maximum Gasteiger partial charge on any atom is 0.118 e. The van der Waals surface area contributed by atoms with Gasteiger partial charge in [-0.05, 0) is 30.5 Å². The summed E-state index contributed by atoms with van der Waals surface area (Å²) >= 11 is 3.70. The highest BCUT2D eigenvalue weighted by molar-refractivity contribution is 9.09. The van der Waals surface area contributed by atoms with Crippen molar-refractivity contribution in [2.24, 2.45) is 0 Å². The molecule has 0 saturated heterocycles. The summed E-state index contributed by atoms with van der Waals surface area (Å²) in [6.07, 6.45) is 2.50. The van der Waals surface area contributed by atoms with Crippen LogP contribution in [0.3, 0.4) is 0 Å². The third-order valence-electron chi connectivity index (χ3n) is 2.30. The van der Waals surface area contributed by atoms with Gasteiger partial charge in [0, 0.05) is 0 Å². The van der Waals surface area contributed by atoms with Gasteiger partial charge in [0.1, 0.15) is 5.75 Å². The lowest BCUT2D eigenvalue weighted by Gasteiger charge is -2.07. The van der Waals surface area contributed by atoms with Gasteiger partial charge in [-0.1, -0.05) is 28.1 Å². The molecule has 0 aromatic heterocycles. The molecule has 1 aromatic carbocycles. The van der Waals surface area contributed by atoms with Crippen molar-refractivity contribution >= 4 is 15.9 Å². The Morgan fingerprint density at radius 2 is 1.83 bits per heavy atom. The Hall–Kier alpha value is -0.500. The minimum atomic E-state index is 0.291. The van der Waals surface area contributed by atoms with E-state index in [1.54, 1.807) is 7.11 Å². The van der Waals surface area contributed by atoms with E-state index >= 15 is 0 Å². The van der Waals surface area contributed by atoms with Crippen LogP contribution in [0.2, 0.25) is 0 Å². The highest BCUT2D eigenvalue weighted by Crippen LogP contribution is 2.53. The van der Waals surface area contributed by atoms with Gasteiger partial charge in [0.05, 0.1) is 11.4 Å². The molecule has 0 atom stereocenters. The summed E-state index contributed by atoms with van der Waals surface area (Å²) in [6.45, 7) is 0. The van der Waals surface area contributed by atoms with Crippen LogP contribution < -0.4 is 4.74 Å². The lowest BCUT2D eigenvalue weighted by atomic mass is 10.1. The lowest BCUT2D eigenvalue weighted by Crippen LogP contribution is -1.94. The number of alkyl halides is 1. The van der Waals surface area contributed by atoms with E-state index in [0.29, 0.717) is 4.32 Å². The molecule has 1 nitrogen and oxygen atoms in total. The number of hydrogen-bond donors (Lipinski definition) is 0. The Bertz CT molecular complexity index is 274. The normalized spacial score (nSPS) is 18.8. The van der Waals surface area contributed by atoms with Crippen LogP contribution in [-0.2, 0) is 4.32 Å². The molecule has 1 aromatic rings. The Kier molecular flexibility index (Phi) is 1.87.